The number of fused-ring (bicyclic) bond motifs is 1. The van der Waals surface area contributed by atoms with E-state index in [1.165, 1.54) is 5.56 Å². The fourth-order valence-corrected chi connectivity index (χ4v) is 4.25. The summed E-state index contributed by atoms with van der Waals surface area (Å²) in [6.45, 7) is 5.99. The van der Waals surface area contributed by atoms with Gasteiger partial charge in [-0.15, -0.1) is 11.3 Å². The average molecular weight is 375 g/mol. The van der Waals surface area contributed by atoms with Gasteiger partial charge in [0, 0.05) is 27.2 Å². The fraction of sp³-hybridized carbons (Fsp3) is 0.182. The van der Waals surface area contributed by atoms with Crippen LogP contribution >= 0.6 is 11.3 Å². The van der Waals surface area contributed by atoms with Crippen LogP contribution < -0.4 is 5.32 Å². The molecule has 0 aliphatic rings. The van der Waals surface area contributed by atoms with Crippen LogP contribution in [0.3, 0.4) is 0 Å². The first-order valence-corrected chi connectivity index (χ1v) is 9.74. The highest BCUT2D eigenvalue weighted by Gasteiger charge is 2.23. The standard InChI is InChI=1S/C22H21N3OS/c1-13-11-12-27-22(13)20(25-18-6-4-5-14(2)23-18)17-10-9-16-8-7-15(3)24-19(16)21(17)26/h4-12,20,26H,1-3H3,(H,23,25)/t20-/m0/s1. The summed E-state index contributed by atoms with van der Waals surface area (Å²) in [4.78, 5) is 10.3. The third-order valence-corrected chi connectivity index (χ3v) is 5.75. The molecule has 0 amide bonds. The molecule has 0 bridgehead atoms. The Kier molecular flexibility index (Phi) is 4.54. The van der Waals surface area contributed by atoms with Crippen LogP contribution in [-0.2, 0) is 0 Å². The number of phenols is 1. The van der Waals surface area contributed by atoms with Crippen LogP contribution in [0.1, 0.15) is 33.4 Å². The molecule has 4 aromatic rings. The maximum absolute atomic E-state index is 11.0. The molecule has 0 radical (unpaired) electrons. The molecule has 4 nitrogen and oxygen atoms in total. The molecule has 5 heteroatoms. The number of aryl methyl sites for hydroxylation is 3. The van der Waals surface area contributed by atoms with Gasteiger partial charge < -0.3 is 10.4 Å². The first-order valence-electron chi connectivity index (χ1n) is 8.86. The monoisotopic (exact) mass is 375 g/mol. The van der Waals surface area contributed by atoms with Gasteiger partial charge in [-0.25, -0.2) is 9.97 Å². The molecular formula is C22H21N3OS. The number of pyridine rings is 2. The molecule has 0 aliphatic carbocycles. The summed E-state index contributed by atoms with van der Waals surface area (Å²) in [7, 11) is 0. The van der Waals surface area contributed by atoms with Crippen LogP contribution in [0, 0.1) is 20.8 Å². The summed E-state index contributed by atoms with van der Waals surface area (Å²) in [5.41, 5.74) is 4.44. The highest BCUT2D eigenvalue weighted by atomic mass is 32.1. The second kappa shape index (κ2) is 7.00. The Balaban J connectivity index is 1.87. The van der Waals surface area contributed by atoms with E-state index in [1.807, 2.05) is 56.3 Å². The molecule has 0 fully saturated rings. The van der Waals surface area contributed by atoms with Gasteiger partial charge in [-0.2, -0.15) is 0 Å². The van der Waals surface area contributed by atoms with E-state index in [4.69, 9.17) is 0 Å². The quantitative estimate of drug-likeness (QED) is 0.493. The van der Waals surface area contributed by atoms with Crippen molar-refractivity contribution < 1.29 is 5.11 Å². The number of anilines is 1. The Labute approximate surface area is 162 Å². The summed E-state index contributed by atoms with van der Waals surface area (Å²) in [5.74, 6) is 0.999. The number of aromatic hydroxyl groups is 1. The molecule has 2 N–H and O–H groups in total. The van der Waals surface area contributed by atoms with E-state index in [9.17, 15) is 5.11 Å². The first kappa shape index (κ1) is 17.5. The van der Waals surface area contributed by atoms with E-state index in [-0.39, 0.29) is 11.8 Å². The van der Waals surface area contributed by atoms with Gasteiger partial charge in [0.05, 0.1) is 6.04 Å². The number of aromatic nitrogens is 2. The Hall–Kier alpha value is -2.92. The van der Waals surface area contributed by atoms with Gasteiger partial charge in [-0.1, -0.05) is 24.3 Å². The zero-order chi connectivity index (χ0) is 19.0. The van der Waals surface area contributed by atoms with Crippen LogP contribution in [0.4, 0.5) is 5.82 Å². The number of rotatable bonds is 4. The number of thiophene rings is 1. The third-order valence-electron chi connectivity index (χ3n) is 4.66. The minimum absolute atomic E-state index is 0.203. The van der Waals surface area contributed by atoms with Gasteiger partial charge >= 0.3 is 0 Å². The lowest BCUT2D eigenvalue weighted by molar-refractivity contribution is 0.472. The van der Waals surface area contributed by atoms with Gasteiger partial charge in [-0.05, 0) is 56.0 Å². The van der Waals surface area contributed by atoms with E-state index in [0.29, 0.717) is 5.52 Å². The topological polar surface area (TPSA) is 58.0 Å². The van der Waals surface area contributed by atoms with E-state index < -0.39 is 0 Å². The Bertz CT molecular complexity index is 1120. The molecule has 0 saturated carbocycles. The molecular weight excluding hydrogens is 354 g/mol. The van der Waals surface area contributed by atoms with E-state index in [0.717, 1.165) is 33.0 Å². The fourth-order valence-electron chi connectivity index (χ4n) is 3.26. The molecule has 3 heterocycles. The lowest BCUT2D eigenvalue weighted by atomic mass is 9.99. The average Bonchev–Trinajstić information content (AvgIpc) is 3.07. The van der Waals surface area contributed by atoms with E-state index >= 15 is 0 Å². The summed E-state index contributed by atoms with van der Waals surface area (Å²) in [6.07, 6.45) is 0. The highest BCUT2D eigenvalue weighted by molar-refractivity contribution is 7.10. The van der Waals surface area contributed by atoms with Crippen LogP contribution in [-0.4, -0.2) is 15.1 Å². The summed E-state index contributed by atoms with van der Waals surface area (Å²) in [6, 6.07) is 15.7. The second-order valence-corrected chi connectivity index (χ2v) is 7.68. The largest absolute Gasteiger partial charge is 0.505 e. The lowest BCUT2D eigenvalue weighted by Crippen LogP contribution is -2.13. The second-order valence-electron chi connectivity index (χ2n) is 6.74. The van der Waals surface area contributed by atoms with Crippen molar-refractivity contribution in [3.63, 3.8) is 0 Å². The van der Waals surface area contributed by atoms with E-state index in [1.54, 1.807) is 11.3 Å². The molecule has 136 valence electrons. The van der Waals surface area contributed by atoms with Crippen molar-refractivity contribution in [2.24, 2.45) is 0 Å². The number of nitrogens with one attached hydrogen (secondary N) is 1. The molecule has 0 saturated heterocycles. The SMILES string of the molecule is Cc1cccc(N[C@@H](c2ccc3ccc(C)nc3c2O)c2sccc2C)n1. The molecule has 27 heavy (non-hydrogen) atoms. The van der Waals surface area contributed by atoms with Gasteiger partial charge in [0.25, 0.3) is 0 Å². The molecule has 0 aliphatic heterocycles. The van der Waals surface area contributed by atoms with Crippen molar-refractivity contribution in [2.75, 3.05) is 5.32 Å². The minimum atomic E-state index is -0.203. The number of nitrogens with zero attached hydrogens (tertiary/aromatic N) is 2. The van der Waals surface area contributed by atoms with Gasteiger partial charge in [0.2, 0.25) is 0 Å². The molecule has 0 unspecified atom stereocenters. The summed E-state index contributed by atoms with van der Waals surface area (Å²) in [5, 5.41) is 17.6. The van der Waals surface area contributed by atoms with Crippen LogP contribution in [0.2, 0.25) is 0 Å². The lowest BCUT2D eigenvalue weighted by Gasteiger charge is -2.21. The van der Waals surface area contributed by atoms with Crippen molar-refractivity contribution in [3.8, 4) is 5.75 Å². The van der Waals surface area contributed by atoms with Gasteiger partial charge in [0.15, 0.2) is 0 Å². The maximum atomic E-state index is 11.0. The van der Waals surface area contributed by atoms with E-state index in [2.05, 4.69) is 33.7 Å². The maximum Gasteiger partial charge on any atom is 0.147 e. The number of hydrogen-bond donors (Lipinski definition) is 2. The van der Waals surface area contributed by atoms with Crippen molar-refractivity contribution in [1.29, 1.82) is 0 Å². The van der Waals surface area contributed by atoms with Crippen LogP contribution in [0.5, 0.6) is 5.75 Å². The van der Waals surface area contributed by atoms with Crippen molar-refractivity contribution in [1.82, 2.24) is 9.97 Å². The zero-order valence-corrected chi connectivity index (χ0v) is 16.3. The predicted molar refractivity (Wildman–Crippen MR) is 112 cm³/mol. The Morgan fingerprint density at radius 1 is 0.926 bits per heavy atom. The number of phenolic OH excluding ortho intramolecular Hbond substituents is 1. The number of hydrogen-bond acceptors (Lipinski definition) is 5. The first-order chi connectivity index (χ1) is 13.0. The summed E-state index contributed by atoms with van der Waals surface area (Å²) >= 11 is 1.67. The van der Waals surface area contributed by atoms with Gasteiger partial charge in [0.1, 0.15) is 17.1 Å². The van der Waals surface area contributed by atoms with Crippen molar-refractivity contribution in [3.05, 3.63) is 81.3 Å². The normalized spacial score (nSPS) is 12.3. The third kappa shape index (κ3) is 3.38. The van der Waals surface area contributed by atoms with Crippen molar-refractivity contribution >= 4 is 28.1 Å². The molecule has 0 spiro atoms. The Morgan fingerprint density at radius 2 is 1.70 bits per heavy atom. The summed E-state index contributed by atoms with van der Waals surface area (Å²) < 4.78 is 0. The van der Waals surface area contributed by atoms with Crippen LogP contribution in [0.25, 0.3) is 10.9 Å². The van der Waals surface area contributed by atoms with Gasteiger partial charge in [-0.3, -0.25) is 0 Å². The molecule has 1 atom stereocenters. The zero-order valence-electron chi connectivity index (χ0n) is 15.5. The minimum Gasteiger partial charge on any atom is -0.505 e. The predicted octanol–water partition coefficient (Wildman–Crippen LogP) is 5.52. The van der Waals surface area contributed by atoms with Crippen LogP contribution in [0.15, 0.2) is 53.9 Å². The molecule has 4 rings (SSSR count). The molecule has 3 aromatic heterocycles. The smallest absolute Gasteiger partial charge is 0.147 e. The highest BCUT2D eigenvalue weighted by Crippen LogP contribution is 2.39. The van der Waals surface area contributed by atoms with Crippen molar-refractivity contribution in [2.45, 2.75) is 26.8 Å². The Morgan fingerprint density at radius 3 is 2.44 bits per heavy atom. The number of benzene rings is 1. The molecule has 1 aromatic carbocycles.